The van der Waals surface area contributed by atoms with Crippen LogP contribution in [0.2, 0.25) is 0 Å². The minimum Gasteiger partial charge on any atom is -0.0807 e. The Labute approximate surface area is 172 Å². The molecule has 1 aliphatic rings. The van der Waals surface area contributed by atoms with Gasteiger partial charge in [-0.1, -0.05) is 125 Å². The average molecular weight is 371 g/mol. The molecule has 0 heteroatoms. The molecular weight excluding hydrogens is 336 g/mol. The SMILES string of the molecule is CC.CC.Cc1cc(/C=C/C2=CC=CCC=C2)cc(/C=C/c2ccccc2)c1. The Balaban J connectivity index is 0.000000921. The number of hydrogen-bond acceptors (Lipinski definition) is 0. The summed E-state index contributed by atoms with van der Waals surface area (Å²) in [7, 11) is 0. The van der Waals surface area contributed by atoms with Gasteiger partial charge in [0.05, 0.1) is 0 Å². The summed E-state index contributed by atoms with van der Waals surface area (Å²) in [5.74, 6) is 0. The van der Waals surface area contributed by atoms with Crippen LogP contribution in [0.1, 0.15) is 56.4 Å². The molecule has 2 aromatic carbocycles. The van der Waals surface area contributed by atoms with E-state index < -0.39 is 0 Å². The van der Waals surface area contributed by atoms with E-state index >= 15 is 0 Å². The first-order chi connectivity index (χ1) is 13.8. The fourth-order valence-electron chi connectivity index (χ4n) is 2.69. The monoisotopic (exact) mass is 370 g/mol. The van der Waals surface area contributed by atoms with Gasteiger partial charge in [-0.25, -0.2) is 0 Å². The normalized spacial score (nSPS) is 12.7. The first kappa shape index (κ1) is 23.2. The average Bonchev–Trinajstić information content (AvgIpc) is 3.03. The van der Waals surface area contributed by atoms with Crippen LogP contribution in [-0.4, -0.2) is 0 Å². The zero-order valence-electron chi connectivity index (χ0n) is 18.0. The van der Waals surface area contributed by atoms with Crippen molar-refractivity contribution >= 4 is 18.2 Å². The number of hydrogen-bond donors (Lipinski definition) is 0. The molecule has 0 atom stereocenters. The molecule has 2 aromatic rings. The summed E-state index contributed by atoms with van der Waals surface area (Å²) in [5.41, 5.74) is 6.17. The summed E-state index contributed by atoms with van der Waals surface area (Å²) in [5, 5.41) is 0. The molecule has 0 aliphatic heterocycles. The lowest BCUT2D eigenvalue weighted by atomic mass is 10.0. The Morgan fingerprint density at radius 3 is 1.96 bits per heavy atom. The van der Waals surface area contributed by atoms with Gasteiger partial charge in [0, 0.05) is 0 Å². The molecular formula is C28H34. The van der Waals surface area contributed by atoms with Gasteiger partial charge in [0.15, 0.2) is 0 Å². The van der Waals surface area contributed by atoms with Gasteiger partial charge in [-0.3, -0.25) is 0 Å². The molecule has 0 N–H and O–H groups in total. The summed E-state index contributed by atoms with van der Waals surface area (Å²) < 4.78 is 0. The van der Waals surface area contributed by atoms with E-state index in [1.54, 1.807) is 0 Å². The third-order valence-corrected chi connectivity index (χ3v) is 3.87. The third-order valence-electron chi connectivity index (χ3n) is 3.87. The maximum absolute atomic E-state index is 2.22. The van der Waals surface area contributed by atoms with Gasteiger partial charge in [0.25, 0.3) is 0 Å². The molecule has 0 heterocycles. The zero-order valence-corrected chi connectivity index (χ0v) is 18.0. The topological polar surface area (TPSA) is 0 Å². The van der Waals surface area contributed by atoms with Crippen molar-refractivity contribution in [1.29, 1.82) is 0 Å². The Bertz CT molecular complexity index is 828. The summed E-state index contributed by atoms with van der Waals surface area (Å²) in [4.78, 5) is 0. The van der Waals surface area contributed by atoms with E-state index in [-0.39, 0.29) is 0 Å². The quantitative estimate of drug-likeness (QED) is 0.472. The van der Waals surface area contributed by atoms with Crippen LogP contribution >= 0.6 is 0 Å². The van der Waals surface area contributed by atoms with Crippen LogP contribution in [0.3, 0.4) is 0 Å². The molecule has 146 valence electrons. The number of benzene rings is 2. The summed E-state index contributed by atoms with van der Waals surface area (Å²) in [6.07, 6.45) is 20.5. The largest absolute Gasteiger partial charge is 0.0807 e. The van der Waals surface area contributed by atoms with Crippen molar-refractivity contribution in [2.45, 2.75) is 41.0 Å². The van der Waals surface area contributed by atoms with Crippen LogP contribution in [0.5, 0.6) is 0 Å². The molecule has 0 radical (unpaired) electrons. The molecule has 0 saturated heterocycles. The molecule has 0 bridgehead atoms. The summed E-state index contributed by atoms with van der Waals surface area (Å²) in [6, 6.07) is 17.0. The van der Waals surface area contributed by atoms with E-state index in [0.717, 1.165) is 6.42 Å². The molecule has 0 saturated carbocycles. The second-order valence-corrected chi connectivity index (χ2v) is 5.99. The summed E-state index contributed by atoms with van der Waals surface area (Å²) >= 11 is 0. The van der Waals surface area contributed by atoms with Crippen LogP contribution in [0.25, 0.3) is 18.2 Å². The predicted molar refractivity (Wildman–Crippen MR) is 129 cm³/mol. The molecule has 0 unspecified atom stereocenters. The van der Waals surface area contributed by atoms with Gasteiger partial charge in [0.2, 0.25) is 0 Å². The van der Waals surface area contributed by atoms with Gasteiger partial charge in [-0.2, -0.15) is 0 Å². The molecule has 0 spiro atoms. The van der Waals surface area contributed by atoms with Gasteiger partial charge in [-0.15, -0.1) is 0 Å². The number of allylic oxidation sites excluding steroid dienone is 7. The lowest BCUT2D eigenvalue weighted by Gasteiger charge is -2.02. The van der Waals surface area contributed by atoms with Crippen molar-refractivity contribution < 1.29 is 0 Å². The highest BCUT2D eigenvalue weighted by Crippen LogP contribution is 2.16. The number of rotatable bonds is 4. The van der Waals surface area contributed by atoms with Crippen molar-refractivity contribution in [3.63, 3.8) is 0 Å². The Morgan fingerprint density at radius 1 is 0.679 bits per heavy atom. The van der Waals surface area contributed by atoms with Crippen molar-refractivity contribution in [2.24, 2.45) is 0 Å². The smallest absolute Gasteiger partial charge is 0.0163 e. The lowest BCUT2D eigenvalue weighted by molar-refractivity contribution is 1.40. The third kappa shape index (κ3) is 8.68. The number of aryl methyl sites for hydroxylation is 1. The highest BCUT2D eigenvalue weighted by molar-refractivity contribution is 5.71. The fourth-order valence-corrected chi connectivity index (χ4v) is 2.69. The van der Waals surface area contributed by atoms with Crippen LogP contribution in [-0.2, 0) is 0 Å². The van der Waals surface area contributed by atoms with Gasteiger partial charge >= 0.3 is 0 Å². The van der Waals surface area contributed by atoms with Crippen LogP contribution < -0.4 is 0 Å². The van der Waals surface area contributed by atoms with E-state index in [1.807, 2.05) is 33.8 Å². The highest BCUT2D eigenvalue weighted by Gasteiger charge is 1.95. The zero-order chi connectivity index (χ0) is 20.6. The predicted octanol–water partition coefficient (Wildman–Crippen LogP) is 8.67. The fraction of sp³-hybridized carbons (Fsp3) is 0.214. The summed E-state index contributed by atoms with van der Waals surface area (Å²) in [6.45, 7) is 10.1. The van der Waals surface area contributed by atoms with E-state index in [0.29, 0.717) is 0 Å². The van der Waals surface area contributed by atoms with E-state index in [1.165, 1.54) is 27.8 Å². The van der Waals surface area contributed by atoms with Crippen LogP contribution in [0.15, 0.2) is 90.6 Å². The molecule has 0 fully saturated rings. The minimum atomic E-state index is 1.01. The standard InChI is InChI=1S/C24H22.2C2H6/c1-20-17-23(15-13-21-9-5-2-3-6-10-21)19-24(18-20)16-14-22-11-7-4-8-12-22;2*1-2/h2,4-19H,3H2,1H3;2*1-2H3/b15-13+,16-14+;;. The van der Waals surface area contributed by atoms with Gasteiger partial charge in [0.1, 0.15) is 0 Å². The molecule has 0 nitrogen and oxygen atoms in total. The maximum atomic E-state index is 2.22. The van der Waals surface area contributed by atoms with Crippen molar-refractivity contribution in [3.05, 3.63) is 113 Å². The van der Waals surface area contributed by atoms with Crippen LogP contribution in [0, 0.1) is 6.92 Å². The molecule has 28 heavy (non-hydrogen) atoms. The van der Waals surface area contributed by atoms with Crippen molar-refractivity contribution in [3.8, 4) is 0 Å². The van der Waals surface area contributed by atoms with Crippen LogP contribution in [0.4, 0.5) is 0 Å². The molecule has 3 rings (SSSR count). The molecule has 0 amide bonds. The first-order valence-electron chi connectivity index (χ1n) is 10.4. The Hall–Kier alpha value is -2.86. The Kier molecular flexibility index (Phi) is 11.8. The van der Waals surface area contributed by atoms with E-state index in [9.17, 15) is 0 Å². The Morgan fingerprint density at radius 2 is 1.29 bits per heavy atom. The van der Waals surface area contributed by atoms with Crippen molar-refractivity contribution in [2.75, 3.05) is 0 Å². The molecule has 0 aromatic heterocycles. The molecule has 1 aliphatic carbocycles. The van der Waals surface area contributed by atoms with Crippen molar-refractivity contribution in [1.82, 2.24) is 0 Å². The first-order valence-corrected chi connectivity index (χ1v) is 10.4. The highest BCUT2D eigenvalue weighted by atomic mass is 14.0. The lowest BCUT2D eigenvalue weighted by Crippen LogP contribution is -1.81. The second-order valence-electron chi connectivity index (χ2n) is 5.99. The maximum Gasteiger partial charge on any atom is -0.0163 e. The van der Waals surface area contributed by atoms with E-state index in [4.69, 9.17) is 0 Å². The van der Waals surface area contributed by atoms with E-state index in [2.05, 4.69) is 104 Å². The minimum absolute atomic E-state index is 1.01. The van der Waals surface area contributed by atoms with Gasteiger partial charge < -0.3 is 0 Å². The second kappa shape index (κ2) is 14.2. The van der Waals surface area contributed by atoms with Gasteiger partial charge in [-0.05, 0) is 47.2 Å².